The van der Waals surface area contributed by atoms with E-state index in [1.54, 1.807) is 0 Å². The molecule has 1 saturated carbocycles. The van der Waals surface area contributed by atoms with Gasteiger partial charge in [0.2, 0.25) is 5.91 Å². The maximum atomic E-state index is 12.7. The summed E-state index contributed by atoms with van der Waals surface area (Å²) < 4.78 is 10.2. The summed E-state index contributed by atoms with van der Waals surface area (Å²) in [6.45, 7) is 5.79. The number of ether oxygens (including phenoxy) is 2. The molecule has 29 heavy (non-hydrogen) atoms. The summed E-state index contributed by atoms with van der Waals surface area (Å²) in [5.74, 6) is 0.776. The number of hydrogen-bond acceptors (Lipinski definition) is 6. The molecular weight excluding hydrogens is 417 g/mol. The van der Waals surface area contributed by atoms with Gasteiger partial charge in [-0.05, 0) is 70.5 Å². The zero-order valence-electron chi connectivity index (χ0n) is 17.5. The molecule has 0 aromatic carbocycles. The number of amides is 1. The van der Waals surface area contributed by atoms with E-state index in [2.05, 4.69) is 19.9 Å². The summed E-state index contributed by atoms with van der Waals surface area (Å²) in [6.07, 6.45) is 7.62. The first-order valence-corrected chi connectivity index (χ1v) is 10.6. The molecule has 2 saturated heterocycles. The van der Waals surface area contributed by atoms with E-state index in [1.807, 2.05) is 0 Å². The van der Waals surface area contributed by atoms with Crippen molar-refractivity contribution in [2.45, 2.75) is 57.1 Å². The molecule has 0 aromatic heterocycles. The highest BCUT2D eigenvalue weighted by Gasteiger charge is 2.32. The van der Waals surface area contributed by atoms with E-state index in [-0.39, 0.29) is 49.4 Å². The van der Waals surface area contributed by atoms with E-state index in [0.717, 1.165) is 64.3 Å². The number of carbonyl (C=O) groups is 2. The number of halogens is 2. The third-order valence-electron chi connectivity index (χ3n) is 6.40. The molecule has 3 rings (SSSR count). The zero-order valence-corrected chi connectivity index (χ0v) is 19.1. The second-order valence-electron chi connectivity index (χ2n) is 8.16. The number of esters is 1. The van der Waals surface area contributed by atoms with Crippen molar-refractivity contribution in [3.8, 4) is 0 Å². The molecule has 2 aliphatic heterocycles. The van der Waals surface area contributed by atoms with Gasteiger partial charge in [0.25, 0.3) is 0 Å². The van der Waals surface area contributed by atoms with Crippen molar-refractivity contribution in [3.05, 3.63) is 0 Å². The van der Waals surface area contributed by atoms with Gasteiger partial charge in [-0.1, -0.05) is 0 Å². The van der Waals surface area contributed by atoms with Crippen LogP contribution in [0.4, 0.5) is 0 Å². The van der Waals surface area contributed by atoms with Gasteiger partial charge in [0.1, 0.15) is 6.61 Å². The molecule has 3 aliphatic rings. The summed E-state index contributed by atoms with van der Waals surface area (Å²) in [4.78, 5) is 28.3. The number of methoxy groups -OCH3 is 1. The third-order valence-corrected chi connectivity index (χ3v) is 6.40. The van der Waals surface area contributed by atoms with Crippen LogP contribution in [0.1, 0.15) is 44.9 Å². The van der Waals surface area contributed by atoms with Gasteiger partial charge in [-0.3, -0.25) is 9.69 Å². The fraction of sp³-hybridized carbons (Fsp3) is 0.900. The lowest BCUT2D eigenvalue weighted by atomic mass is 9.91. The van der Waals surface area contributed by atoms with Crippen molar-refractivity contribution in [1.29, 1.82) is 0 Å². The number of carbonyl (C=O) groups excluding carboxylic acids is 2. The Morgan fingerprint density at radius 2 is 1.76 bits per heavy atom. The van der Waals surface area contributed by atoms with Crippen molar-refractivity contribution in [2.75, 3.05) is 53.0 Å². The summed E-state index contributed by atoms with van der Waals surface area (Å²) in [5, 5.41) is 3.42. The van der Waals surface area contributed by atoms with Gasteiger partial charge in [-0.25, -0.2) is 4.79 Å². The fourth-order valence-corrected chi connectivity index (χ4v) is 4.62. The van der Waals surface area contributed by atoms with Gasteiger partial charge < -0.3 is 19.7 Å². The van der Waals surface area contributed by atoms with Crippen LogP contribution in [-0.4, -0.2) is 86.8 Å². The molecule has 170 valence electrons. The zero-order chi connectivity index (χ0) is 19.1. The summed E-state index contributed by atoms with van der Waals surface area (Å²) in [5.41, 5.74) is 0. The number of hydrogen-bond donors (Lipinski definition) is 1. The Bertz CT molecular complexity index is 498. The molecule has 0 unspecified atom stereocenters. The van der Waals surface area contributed by atoms with Crippen LogP contribution in [0.15, 0.2) is 0 Å². The Morgan fingerprint density at radius 1 is 1.07 bits per heavy atom. The predicted molar refractivity (Wildman–Crippen MR) is 117 cm³/mol. The SMILES string of the molecule is COC(=O)COC1CCC(N2CCN(CCC3CCNCC3)CC2=O)CC1.Cl.Cl. The Hall–Kier alpha value is -0.600. The first-order valence-electron chi connectivity index (χ1n) is 10.6. The number of piperazine rings is 1. The van der Waals surface area contributed by atoms with E-state index in [0.29, 0.717) is 12.6 Å². The minimum absolute atomic E-state index is 0. The Labute approximate surface area is 187 Å². The van der Waals surface area contributed by atoms with Crippen molar-refractivity contribution in [2.24, 2.45) is 5.92 Å². The molecule has 7 nitrogen and oxygen atoms in total. The normalized spacial score (nSPS) is 26.4. The number of piperidine rings is 1. The van der Waals surface area contributed by atoms with Crippen LogP contribution in [0.25, 0.3) is 0 Å². The van der Waals surface area contributed by atoms with Gasteiger partial charge in [0.05, 0.1) is 19.8 Å². The Morgan fingerprint density at radius 3 is 2.38 bits per heavy atom. The lowest BCUT2D eigenvalue weighted by Gasteiger charge is -2.42. The molecule has 0 atom stereocenters. The standard InChI is InChI=1S/C20H35N3O4.2ClH/c1-26-20(25)15-27-18-4-2-17(3-5-18)23-13-12-22(14-19(23)24)11-8-16-6-9-21-10-7-16;;/h16-18,21H,2-15H2,1H3;2*1H. The topological polar surface area (TPSA) is 71.1 Å². The number of nitrogens with zero attached hydrogens (tertiary/aromatic N) is 2. The molecule has 1 aliphatic carbocycles. The number of rotatable bonds is 7. The van der Waals surface area contributed by atoms with E-state index in [9.17, 15) is 9.59 Å². The monoisotopic (exact) mass is 453 g/mol. The van der Waals surface area contributed by atoms with E-state index in [4.69, 9.17) is 4.74 Å². The summed E-state index contributed by atoms with van der Waals surface area (Å²) in [6, 6.07) is 0.335. The highest BCUT2D eigenvalue weighted by molar-refractivity contribution is 5.85. The predicted octanol–water partition coefficient (Wildman–Crippen LogP) is 1.86. The molecule has 0 spiro atoms. The average Bonchev–Trinajstić information content (AvgIpc) is 2.72. The molecule has 1 amide bonds. The minimum Gasteiger partial charge on any atom is -0.467 e. The molecule has 9 heteroatoms. The van der Waals surface area contributed by atoms with Crippen molar-refractivity contribution in [1.82, 2.24) is 15.1 Å². The summed E-state index contributed by atoms with van der Waals surface area (Å²) >= 11 is 0. The average molecular weight is 454 g/mol. The largest absolute Gasteiger partial charge is 0.467 e. The molecule has 2 heterocycles. The molecule has 0 radical (unpaired) electrons. The summed E-state index contributed by atoms with van der Waals surface area (Å²) in [7, 11) is 1.38. The van der Waals surface area contributed by atoms with Gasteiger partial charge in [0.15, 0.2) is 0 Å². The third kappa shape index (κ3) is 8.21. The molecular formula is C20H37Cl2N3O4. The van der Waals surface area contributed by atoms with Crippen LogP contribution in [0, 0.1) is 5.92 Å². The first-order chi connectivity index (χ1) is 13.2. The van der Waals surface area contributed by atoms with Crippen LogP contribution in [-0.2, 0) is 19.1 Å². The lowest BCUT2D eigenvalue weighted by Crippen LogP contribution is -2.55. The van der Waals surface area contributed by atoms with E-state index < -0.39 is 0 Å². The number of nitrogens with one attached hydrogen (secondary N) is 1. The maximum Gasteiger partial charge on any atom is 0.331 e. The fourth-order valence-electron chi connectivity index (χ4n) is 4.62. The van der Waals surface area contributed by atoms with Crippen LogP contribution in [0.5, 0.6) is 0 Å². The van der Waals surface area contributed by atoms with Gasteiger partial charge in [-0.15, -0.1) is 24.8 Å². The highest BCUT2D eigenvalue weighted by Crippen LogP contribution is 2.26. The van der Waals surface area contributed by atoms with Crippen molar-refractivity contribution in [3.63, 3.8) is 0 Å². The minimum atomic E-state index is -0.326. The molecule has 3 fully saturated rings. The van der Waals surface area contributed by atoms with Crippen LogP contribution in [0.3, 0.4) is 0 Å². The first kappa shape index (κ1) is 26.4. The quantitative estimate of drug-likeness (QED) is 0.593. The lowest BCUT2D eigenvalue weighted by molar-refractivity contribution is -0.149. The smallest absolute Gasteiger partial charge is 0.331 e. The Balaban J connectivity index is 0.00000210. The second kappa shape index (κ2) is 13.7. The molecule has 0 aromatic rings. The van der Waals surface area contributed by atoms with Gasteiger partial charge in [0, 0.05) is 19.1 Å². The van der Waals surface area contributed by atoms with Crippen LogP contribution >= 0.6 is 24.8 Å². The van der Waals surface area contributed by atoms with Crippen molar-refractivity contribution < 1.29 is 19.1 Å². The molecule has 0 bridgehead atoms. The van der Waals surface area contributed by atoms with E-state index in [1.165, 1.54) is 26.4 Å². The van der Waals surface area contributed by atoms with Crippen LogP contribution in [0.2, 0.25) is 0 Å². The van der Waals surface area contributed by atoms with Gasteiger partial charge >= 0.3 is 5.97 Å². The molecule has 1 N–H and O–H groups in total. The van der Waals surface area contributed by atoms with Crippen molar-refractivity contribution >= 4 is 36.7 Å². The highest BCUT2D eigenvalue weighted by atomic mass is 35.5. The van der Waals surface area contributed by atoms with E-state index >= 15 is 0 Å². The Kier molecular flexibility index (Phi) is 12.4. The van der Waals surface area contributed by atoms with Gasteiger partial charge in [-0.2, -0.15) is 0 Å². The second-order valence-corrected chi connectivity index (χ2v) is 8.16. The maximum absolute atomic E-state index is 12.7. The van der Waals surface area contributed by atoms with Crippen LogP contribution < -0.4 is 5.32 Å².